The number of nitrogens with zero attached hydrogens (tertiary/aromatic N) is 2. The minimum absolute atomic E-state index is 0.181. The Morgan fingerprint density at radius 1 is 1.33 bits per heavy atom. The number of aliphatic hydroxyl groups is 2. The monoisotopic (exact) mass is 378 g/mol. The van der Waals surface area contributed by atoms with Gasteiger partial charge in [-0.3, -0.25) is 24.1 Å². The summed E-state index contributed by atoms with van der Waals surface area (Å²) in [5.74, 6) is -1.61. The molecule has 9 nitrogen and oxygen atoms in total. The van der Waals surface area contributed by atoms with E-state index in [0.717, 1.165) is 4.57 Å². The zero-order chi connectivity index (χ0) is 19.7. The van der Waals surface area contributed by atoms with E-state index in [1.807, 2.05) is 4.98 Å². The molecule has 1 saturated carbocycles. The maximum Gasteiger partial charge on any atom is 0.328 e. The summed E-state index contributed by atoms with van der Waals surface area (Å²) in [6.07, 6.45) is -0.146. The van der Waals surface area contributed by atoms with Gasteiger partial charge >= 0.3 is 5.69 Å². The SMILES string of the molecule is Cc1ncccc1C(=O)N[C@@H]1CC[C@@H](n2cc(F)c(=O)[nH]c2=O)[C@@H](O)[C@@H]1O. The smallest absolute Gasteiger partial charge is 0.328 e. The number of carbonyl (C=O) groups excluding carboxylic acids is 1. The summed E-state index contributed by atoms with van der Waals surface area (Å²) in [6, 6.07) is 1.51. The minimum Gasteiger partial charge on any atom is -0.388 e. The van der Waals surface area contributed by atoms with Gasteiger partial charge < -0.3 is 15.5 Å². The van der Waals surface area contributed by atoms with Crippen LogP contribution < -0.4 is 16.6 Å². The third-order valence-corrected chi connectivity index (χ3v) is 4.78. The van der Waals surface area contributed by atoms with Crippen LogP contribution in [-0.4, -0.2) is 48.9 Å². The van der Waals surface area contributed by atoms with Gasteiger partial charge in [-0.1, -0.05) is 0 Å². The average Bonchev–Trinajstić information content (AvgIpc) is 2.63. The van der Waals surface area contributed by atoms with Gasteiger partial charge in [0, 0.05) is 11.9 Å². The Kier molecular flexibility index (Phi) is 5.19. The standard InChI is InChI=1S/C17H19FN4O5/c1-8-9(3-2-6-19-8)15(25)20-11-4-5-12(14(24)13(11)23)22-7-10(18)16(26)21-17(22)27/h2-3,6-7,11-14,23-24H,4-5H2,1H3,(H,20,25)(H,21,26,27)/t11-,12-,13-,14-/m1/s1. The number of carbonyl (C=O) groups is 1. The van der Waals surface area contributed by atoms with Crippen LogP contribution in [0.2, 0.25) is 0 Å². The minimum atomic E-state index is -1.44. The molecule has 2 aromatic heterocycles. The van der Waals surface area contributed by atoms with Crippen LogP contribution in [0.4, 0.5) is 4.39 Å². The summed E-state index contributed by atoms with van der Waals surface area (Å²) in [5, 5.41) is 23.4. The highest BCUT2D eigenvalue weighted by Gasteiger charge is 2.39. The number of hydrogen-bond acceptors (Lipinski definition) is 6. The molecule has 1 amide bonds. The Labute approximate surface area is 152 Å². The van der Waals surface area contributed by atoms with Crippen molar-refractivity contribution in [2.75, 3.05) is 0 Å². The van der Waals surface area contributed by atoms with Gasteiger partial charge in [-0.05, 0) is 31.9 Å². The summed E-state index contributed by atoms with van der Waals surface area (Å²) in [7, 11) is 0. The van der Waals surface area contributed by atoms with E-state index >= 15 is 0 Å². The van der Waals surface area contributed by atoms with Crippen molar-refractivity contribution in [3.8, 4) is 0 Å². The van der Waals surface area contributed by atoms with Gasteiger partial charge in [0.05, 0.1) is 23.8 Å². The molecular weight excluding hydrogens is 359 g/mol. The lowest BCUT2D eigenvalue weighted by atomic mass is 9.85. The number of rotatable bonds is 3. The molecule has 1 aliphatic rings. The maximum atomic E-state index is 13.5. The molecule has 1 fully saturated rings. The Balaban J connectivity index is 1.77. The van der Waals surface area contributed by atoms with Crippen molar-refractivity contribution in [1.82, 2.24) is 19.9 Å². The van der Waals surface area contributed by atoms with Gasteiger partial charge in [-0.25, -0.2) is 4.79 Å². The fraction of sp³-hybridized carbons (Fsp3) is 0.412. The number of aryl methyl sites for hydroxylation is 1. The van der Waals surface area contributed by atoms with Gasteiger partial charge in [-0.15, -0.1) is 0 Å². The number of hydrogen-bond donors (Lipinski definition) is 4. The predicted octanol–water partition coefficient (Wildman–Crippen LogP) is -0.766. The molecule has 3 rings (SSSR count). The molecule has 0 spiro atoms. The first-order chi connectivity index (χ1) is 12.8. The molecule has 0 aliphatic heterocycles. The quantitative estimate of drug-likeness (QED) is 0.554. The number of halogens is 1. The second-order valence-corrected chi connectivity index (χ2v) is 6.49. The number of aromatic amines is 1. The van der Waals surface area contributed by atoms with Crippen molar-refractivity contribution in [2.24, 2.45) is 0 Å². The second kappa shape index (κ2) is 7.41. The highest BCUT2D eigenvalue weighted by molar-refractivity contribution is 5.95. The van der Waals surface area contributed by atoms with Gasteiger partial charge in [0.1, 0.15) is 12.2 Å². The van der Waals surface area contributed by atoms with E-state index in [1.54, 1.807) is 25.3 Å². The van der Waals surface area contributed by atoms with E-state index in [1.165, 1.54) is 0 Å². The molecule has 1 aliphatic carbocycles. The number of amides is 1. The van der Waals surface area contributed by atoms with E-state index in [2.05, 4.69) is 10.3 Å². The number of pyridine rings is 1. The lowest BCUT2D eigenvalue weighted by Gasteiger charge is -2.38. The maximum absolute atomic E-state index is 13.5. The first-order valence-electron chi connectivity index (χ1n) is 8.39. The molecular formula is C17H19FN4O5. The number of nitrogens with one attached hydrogen (secondary N) is 2. The summed E-state index contributed by atoms with van der Waals surface area (Å²) in [5.41, 5.74) is -1.17. The summed E-state index contributed by atoms with van der Waals surface area (Å²) >= 11 is 0. The summed E-state index contributed by atoms with van der Waals surface area (Å²) in [6.45, 7) is 1.67. The Bertz CT molecular complexity index is 972. The van der Waals surface area contributed by atoms with E-state index in [4.69, 9.17) is 0 Å². The normalized spacial score (nSPS) is 25.2. The van der Waals surface area contributed by atoms with Crippen LogP contribution in [0.3, 0.4) is 0 Å². The van der Waals surface area contributed by atoms with E-state index in [-0.39, 0.29) is 12.8 Å². The molecule has 27 heavy (non-hydrogen) atoms. The van der Waals surface area contributed by atoms with Crippen molar-refractivity contribution >= 4 is 5.91 Å². The molecule has 10 heteroatoms. The third kappa shape index (κ3) is 3.67. The Morgan fingerprint density at radius 2 is 2.07 bits per heavy atom. The molecule has 0 saturated heterocycles. The zero-order valence-electron chi connectivity index (χ0n) is 14.4. The van der Waals surface area contributed by atoms with Crippen LogP contribution in [0.5, 0.6) is 0 Å². The molecule has 144 valence electrons. The van der Waals surface area contributed by atoms with Crippen LogP contribution in [-0.2, 0) is 0 Å². The summed E-state index contributed by atoms with van der Waals surface area (Å²) in [4.78, 5) is 41.3. The van der Waals surface area contributed by atoms with Crippen LogP contribution in [0.1, 0.15) is 34.9 Å². The lowest BCUT2D eigenvalue weighted by Crippen LogP contribution is -2.55. The van der Waals surface area contributed by atoms with Gasteiger partial charge in [0.15, 0.2) is 0 Å². The van der Waals surface area contributed by atoms with Gasteiger partial charge in [0.25, 0.3) is 11.5 Å². The first kappa shape index (κ1) is 18.9. The van der Waals surface area contributed by atoms with E-state index in [9.17, 15) is 29.0 Å². The van der Waals surface area contributed by atoms with E-state index in [0.29, 0.717) is 17.5 Å². The Morgan fingerprint density at radius 3 is 2.78 bits per heavy atom. The highest BCUT2D eigenvalue weighted by Crippen LogP contribution is 2.28. The Hall–Kier alpha value is -2.85. The largest absolute Gasteiger partial charge is 0.388 e. The van der Waals surface area contributed by atoms with Gasteiger partial charge in [0.2, 0.25) is 5.82 Å². The molecule has 0 aromatic carbocycles. The number of H-pyrrole nitrogens is 1. The topological polar surface area (TPSA) is 137 Å². The first-order valence-corrected chi connectivity index (χ1v) is 8.39. The van der Waals surface area contributed by atoms with Gasteiger partial charge in [-0.2, -0.15) is 4.39 Å². The van der Waals surface area contributed by atoms with Crippen LogP contribution in [0.15, 0.2) is 34.1 Å². The zero-order valence-corrected chi connectivity index (χ0v) is 14.4. The molecule has 0 unspecified atom stereocenters. The number of aromatic nitrogens is 3. The van der Waals surface area contributed by atoms with Crippen molar-refractivity contribution in [2.45, 2.75) is 44.1 Å². The molecule has 0 radical (unpaired) electrons. The third-order valence-electron chi connectivity index (χ3n) is 4.78. The van der Waals surface area contributed by atoms with Crippen LogP contribution >= 0.6 is 0 Å². The summed E-state index contributed by atoms with van der Waals surface area (Å²) < 4.78 is 14.4. The predicted molar refractivity (Wildman–Crippen MR) is 91.8 cm³/mol. The molecule has 2 aromatic rings. The van der Waals surface area contributed by atoms with Crippen molar-refractivity contribution < 1.29 is 19.4 Å². The number of aliphatic hydroxyl groups excluding tert-OH is 2. The second-order valence-electron chi connectivity index (χ2n) is 6.49. The molecule has 2 heterocycles. The average molecular weight is 378 g/mol. The van der Waals surface area contributed by atoms with Crippen molar-refractivity contribution in [1.29, 1.82) is 0 Å². The fourth-order valence-corrected chi connectivity index (χ4v) is 3.30. The highest BCUT2D eigenvalue weighted by atomic mass is 19.1. The fourth-order valence-electron chi connectivity index (χ4n) is 3.30. The van der Waals surface area contributed by atoms with Crippen LogP contribution in [0, 0.1) is 12.7 Å². The van der Waals surface area contributed by atoms with Crippen molar-refractivity contribution in [3.63, 3.8) is 0 Å². The van der Waals surface area contributed by atoms with Crippen molar-refractivity contribution in [3.05, 3.63) is 62.4 Å². The lowest BCUT2D eigenvalue weighted by molar-refractivity contribution is -0.0572. The molecule has 4 atom stereocenters. The molecule has 4 N–H and O–H groups in total. The van der Waals surface area contributed by atoms with E-state index < -0.39 is 47.3 Å². The van der Waals surface area contributed by atoms with Crippen LogP contribution in [0.25, 0.3) is 0 Å². The molecule has 0 bridgehead atoms.